The number of hydrogen-bond acceptors (Lipinski definition) is 3. The molecule has 0 saturated carbocycles. The summed E-state index contributed by atoms with van der Waals surface area (Å²) in [6.07, 6.45) is 3.34. The molecule has 1 atom stereocenters. The molecule has 0 amide bonds. The number of rotatable bonds is 5. The molecule has 2 N–H and O–H groups in total. The topological polar surface area (TPSA) is 52.6 Å². The summed E-state index contributed by atoms with van der Waals surface area (Å²) < 4.78 is 13.9. The van der Waals surface area contributed by atoms with Crippen molar-refractivity contribution >= 4 is 47.4 Å². The Kier molecular flexibility index (Phi) is 8.56. The van der Waals surface area contributed by atoms with Gasteiger partial charge in [-0.15, -0.1) is 24.0 Å². The highest BCUT2D eigenvalue weighted by Crippen LogP contribution is 2.20. The minimum Gasteiger partial charge on any atom is -0.356 e. The highest BCUT2D eigenvalue weighted by Gasteiger charge is 2.25. The Balaban J connectivity index is 0.00000261. The number of aromatic nitrogens is 1. The van der Waals surface area contributed by atoms with E-state index >= 15 is 0 Å². The summed E-state index contributed by atoms with van der Waals surface area (Å²) >= 11 is 6.18. The lowest BCUT2D eigenvalue weighted by atomic mass is 10.1. The van der Waals surface area contributed by atoms with Crippen LogP contribution in [0.15, 0.2) is 47.6 Å². The number of pyridine rings is 1. The lowest BCUT2D eigenvalue weighted by molar-refractivity contribution is 0.612. The van der Waals surface area contributed by atoms with Crippen LogP contribution in [-0.4, -0.2) is 43.7 Å². The molecule has 27 heavy (non-hydrogen) atoms. The Labute approximate surface area is 181 Å². The number of aliphatic imine (C=N–C) groups is 1. The molecule has 1 fully saturated rings. The van der Waals surface area contributed by atoms with Crippen molar-refractivity contribution in [3.63, 3.8) is 0 Å². The minimum absolute atomic E-state index is 0. The second kappa shape index (κ2) is 10.7. The normalized spacial score (nSPS) is 16.8. The van der Waals surface area contributed by atoms with Gasteiger partial charge in [0.2, 0.25) is 0 Å². The quantitative estimate of drug-likeness (QED) is 0.373. The Morgan fingerprint density at radius 3 is 2.89 bits per heavy atom. The second-order valence-electron chi connectivity index (χ2n) is 6.23. The smallest absolute Gasteiger partial charge is 0.191 e. The van der Waals surface area contributed by atoms with Gasteiger partial charge in [0.25, 0.3) is 0 Å². The molecule has 146 valence electrons. The largest absolute Gasteiger partial charge is 0.356 e. The average molecular weight is 504 g/mol. The van der Waals surface area contributed by atoms with E-state index in [0.29, 0.717) is 12.4 Å². The number of benzene rings is 1. The van der Waals surface area contributed by atoms with E-state index in [1.165, 1.54) is 6.07 Å². The van der Waals surface area contributed by atoms with Crippen LogP contribution in [0.4, 0.5) is 10.2 Å². The van der Waals surface area contributed by atoms with Gasteiger partial charge in [0.15, 0.2) is 17.6 Å². The van der Waals surface area contributed by atoms with Crippen molar-refractivity contribution in [3.05, 3.63) is 59.0 Å². The summed E-state index contributed by atoms with van der Waals surface area (Å²) in [5, 5.41) is 7.49. The molecule has 1 aromatic carbocycles. The summed E-state index contributed by atoms with van der Waals surface area (Å²) in [6.45, 7) is 2.19. The van der Waals surface area contributed by atoms with Crippen molar-refractivity contribution in [1.29, 1.82) is 0 Å². The third-order valence-electron chi connectivity index (χ3n) is 4.44. The Morgan fingerprint density at radius 1 is 1.33 bits per heavy atom. The Bertz CT molecular complexity index is 773. The molecule has 3 rings (SSSR count). The SMILES string of the molecule is CN=C(NCCc1ccccc1Cl)NC1CCN(c2ncccc2F)C1.I. The van der Waals surface area contributed by atoms with E-state index in [4.69, 9.17) is 11.6 Å². The zero-order chi connectivity index (χ0) is 18.4. The van der Waals surface area contributed by atoms with Crippen LogP contribution in [0.3, 0.4) is 0 Å². The van der Waals surface area contributed by atoms with Crippen LogP contribution >= 0.6 is 35.6 Å². The summed E-state index contributed by atoms with van der Waals surface area (Å²) in [6, 6.07) is 11.1. The van der Waals surface area contributed by atoms with Crippen molar-refractivity contribution in [2.24, 2.45) is 4.99 Å². The van der Waals surface area contributed by atoms with Gasteiger partial charge in [0, 0.05) is 43.9 Å². The van der Waals surface area contributed by atoms with E-state index in [2.05, 4.69) is 20.6 Å². The summed E-state index contributed by atoms with van der Waals surface area (Å²) in [7, 11) is 1.75. The fraction of sp³-hybridized carbons (Fsp3) is 0.368. The standard InChI is InChI=1S/C19H23ClFN5.HI/c1-22-19(24-11-8-14-5-2-3-6-16(14)20)25-15-9-12-26(13-15)18-17(21)7-4-10-23-18;/h2-7,10,15H,8-9,11-13H2,1H3,(H2,22,24,25);1H. The molecule has 0 bridgehead atoms. The summed E-state index contributed by atoms with van der Waals surface area (Å²) in [5.41, 5.74) is 1.11. The number of guanidine groups is 1. The molecular weight excluding hydrogens is 480 g/mol. The molecule has 2 heterocycles. The minimum atomic E-state index is -0.282. The van der Waals surface area contributed by atoms with E-state index < -0.39 is 0 Å². The summed E-state index contributed by atoms with van der Waals surface area (Å²) in [5.74, 6) is 0.874. The van der Waals surface area contributed by atoms with E-state index in [9.17, 15) is 4.39 Å². The van der Waals surface area contributed by atoms with Crippen LogP contribution in [0, 0.1) is 5.82 Å². The molecule has 1 aliphatic rings. The predicted molar refractivity (Wildman–Crippen MR) is 120 cm³/mol. The fourth-order valence-electron chi connectivity index (χ4n) is 3.09. The lowest BCUT2D eigenvalue weighted by Gasteiger charge is -2.20. The van der Waals surface area contributed by atoms with Crippen LogP contribution in [0.5, 0.6) is 0 Å². The summed E-state index contributed by atoms with van der Waals surface area (Å²) in [4.78, 5) is 10.4. The van der Waals surface area contributed by atoms with Gasteiger partial charge in [0.1, 0.15) is 0 Å². The van der Waals surface area contributed by atoms with Gasteiger partial charge in [-0.3, -0.25) is 4.99 Å². The zero-order valence-electron chi connectivity index (χ0n) is 15.2. The van der Waals surface area contributed by atoms with Crippen molar-refractivity contribution in [3.8, 4) is 0 Å². The molecule has 0 spiro atoms. The number of nitrogens with zero attached hydrogens (tertiary/aromatic N) is 3. The first-order valence-electron chi connectivity index (χ1n) is 8.73. The fourth-order valence-corrected chi connectivity index (χ4v) is 3.32. The monoisotopic (exact) mass is 503 g/mol. The second-order valence-corrected chi connectivity index (χ2v) is 6.63. The molecule has 0 aliphatic carbocycles. The Morgan fingerprint density at radius 2 is 2.15 bits per heavy atom. The van der Waals surface area contributed by atoms with Gasteiger partial charge in [-0.25, -0.2) is 9.37 Å². The van der Waals surface area contributed by atoms with Crippen LogP contribution in [0.1, 0.15) is 12.0 Å². The molecular formula is C19H24ClFIN5. The molecule has 1 unspecified atom stereocenters. The third kappa shape index (κ3) is 5.93. The molecule has 1 saturated heterocycles. The highest BCUT2D eigenvalue weighted by atomic mass is 127. The Hall–Kier alpha value is -1.61. The lowest BCUT2D eigenvalue weighted by Crippen LogP contribution is -2.45. The molecule has 8 heteroatoms. The van der Waals surface area contributed by atoms with Crippen molar-refractivity contribution in [2.75, 3.05) is 31.6 Å². The van der Waals surface area contributed by atoms with Gasteiger partial charge in [-0.1, -0.05) is 29.8 Å². The first kappa shape index (κ1) is 21.7. The van der Waals surface area contributed by atoms with Crippen LogP contribution in [0.2, 0.25) is 5.02 Å². The van der Waals surface area contributed by atoms with Gasteiger partial charge in [-0.05, 0) is 36.6 Å². The maximum atomic E-state index is 13.9. The van der Waals surface area contributed by atoms with Crippen molar-refractivity contribution in [1.82, 2.24) is 15.6 Å². The zero-order valence-corrected chi connectivity index (χ0v) is 18.2. The van der Waals surface area contributed by atoms with Gasteiger partial charge in [-0.2, -0.15) is 0 Å². The first-order valence-corrected chi connectivity index (χ1v) is 9.11. The van der Waals surface area contributed by atoms with Crippen molar-refractivity contribution in [2.45, 2.75) is 18.9 Å². The third-order valence-corrected chi connectivity index (χ3v) is 4.80. The maximum absolute atomic E-state index is 13.9. The van der Waals surface area contributed by atoms with E-state index in [-0.39, 0.29) is 35.8 Å². The number of halogens is 3. The predicted octanol–water partition coefficient (Wildman–Crippen LogP) is 3.48. The van der Waals surface area contributed by atoms with Crippen LogP contribution in [0.25, 0.3) is 0 Å². The number of anilines is 1. The van der Waals surface area contributed by atoms with E-state index in [1.54, 1.807) is 19.3 Å². The van der Waals surface area contributed by atoms with Gasteiger partial charge < -0.3 is 15.5 Å². The maximum Gasteiger partial charge on any atom is 0.191 e. The molecule has 1 aliphatic heterocycles. The van der Waals surface area contributed by atoms with E-state index in [1.807, 2.05) is 29.2 Å². The van der Waals surface area contributed by atoms with Gasteiger partial charge in [0.05, 0.1) is 0 Å². The highest BCUT2D eigenvalue weighted by molar-refractivity contribution is 14.0. The number of nitrogens with one attached hydrogen (secondary N) is 2. The average Bonchev–Trinajstić information content (AvgIpc) is 3.11. The van der Waals surface area contributed by atoms with E-state index in [0.717, 1.165) is 42.5 Å². The molecule has 5 nitrogen and oxygen atoms in total. The molecule has 0 radical (unpaired) electrons. The van der Waals surface area contributed by atoms with Crippen molar-refractivity contribution < 1.29 is 4.39 Å². The van der Waals surface area contributed by atoms with Gasteiger partial charge >= 0.3 is 0 Å². The molecule has 2 aromatic rings. The molecule has 1 aromatic heterocycles. The first-order chi connectivity index (χ1) is 12.7. The van der Waals surface area contributed by atoms with Crippen LogP contribution < -0.4 is 15.5 Å². The van der Waals surface area contributed by atoms with Crippen LogP contribution in [-0.2, 0) is 6.42 Å². The number of hydrogen-bond donors (Lipinski definition) is 2.